The molecule has 0 aliphatic carbocycles. The Balaban J connectivity index is 2.25. The van der Waals surface area contributed by atoms with Crippen LogP contribution in [0.15, 0.2) is 41.1 Å². The van der Waals surface area contributed by atoms with Gasteiger partial charge in [0, 0.05) is 18.2 Å². The molecular formula is C10H7ClN2O3. The van der Waals surface area contributed by atoms with Crippen LogP contribution in [-0.2, 0) is 0 Å². The highest BCUT2D eigenvalue weighted by molar-refractivity contribution is 6.22. The molecule has 0 aliphatic rings. The van der Waals surface area contributed by atoms with E-state index in [0.29, 0.717) is 5.69 Å². The Hall–Kier alpha value is -1.88. The molecule has 0 spiro atoms. The van der Waals surface area contributed by atoms with Crippen molar-refractivity contribution in [1.29, 1.82) is 0 Å². The van der Waals surface area contributed by atoms with Gasteiger partial charge in [-0.2, -0.15) is 0 Å². The predicted molar refractivity (Wildman–Crippen MR) is 57.3 cm³/mol. The van der Waals surface area contributed by atoms with Gasteiger partial charge in [-0.1, -0.05) is 17.3 Å². The van der Waals surface area contributed by atoms with Crippen molar-refractivity contribution in [3.63, 3.8) is 0 Å². The van der Waals surface area contributed by atoms with Crippen LogP contribution in [0.5, 0.6) is 0 Å². The third-order valence-electron chi connectivity index (χ3n) is 2.11. The molecule has 0 N–H and O–H groups in total. The largest absolute Gasteiger partial charge is 0.364 e. The van der Waals surface area contributed by atoms with Gasteiger partial charge in [0.25, 0.3) is 5.69 Å². The van der Waals surface area contributed by atoms with Gasteiger partial charge in [0.15, 0.2) is 0 Å². The molecule has 16 heavy (non-hydrogen) atoms. The van der Waals surface area contributed by atoms with Gasteiger partial charge in [-0.15, -0.1) is 11.6 Å². The van der Waals surface area contributed by atoms with E-state index in [1.165, 1.54) is 18.4 Å². The van der Waals surface area contributed by atoms with Crippen LogP contribution in [-0.4, -0.2) is 10.1 Å². The minimum Gasteiger partial charge on any atom is -0.364 e. The van der Waals surface area contributed by atoms with E-state index in [1.807, 2.05) is 0 Å². The number of halogens is 1. The molecule has 1 unspecified atom stereocenters. The Labute approximate surface area is 95.8 Å². The van der Waals surface area contributed by atoms with Crippen LogP contribution in [0.3, 0.4) is 0 Å². The first-order valence-electron chi connectivity index (χ1n) is 4.47. The van der Waals surface area contributed by atoms with Crippen LogP contribution in [0.1, 0.15) is 16.6 Å². The Kier molecular flexibility index (Phi) is 2.87. The average molecular weight is 239 g/mol. The van der Waals surface area contributed by atoms with Crippen LogP contribution in [0, 0.1) is 10.1 Å². The molecule has 1 aromatic carbocycles. The number of hydrogen-bond acceptors (Lipinski definition) is 4. The fourth-order valence-electron chi connectivity index (χ4n) is 1.29. The van der Waals surface area contributed by atoms with E-state index in [1.54, 1.807) is 18.2 Å². The average Bonchev–Trinajstić information content (AvgIpc) is 2.81. The lowest BCUT2D eigenvalue weighted by Crippen LogP contribution is -1.94. The zero-order valence-corrected chi connectivity index (χ0v) is 8.79. The third-order valence-corrected chi connectivity index (χ3v) is 2.59. The number of rotatable bonds is 3. The molecule has 6 heteroatoms. The number of non-ortho nitro benzene ring substituents is 1. The van der Waals surface area contributed by atoms with Crippen LogP contribution in [0.2, 0.25) is 0 Å². The van der Waals surface area contributed by atoms with Gasteiger partial charge >= 0.3 is 0 Å². The maximum atomic E-state index is 10.5. The lowest BCUT2D eigenvalue weighted by Gasteiger charge is -2.04. The monoisotopic (exact) mass is 238 g/mol. The molecule has 0 radical (unpaired) electrons. The van der Waals surface area contributed by atoms with E-state index in [2.05, 4.69) is 9.68 Å². The zero-order chi connectivity index (χ0) is 11.5. The molecule has 2 rings (SSSR count). The van der Waals surface area contributed by atoms with E-state index in [0.717, 1.165) is 5.56 Å². The standard InChI is InChI=1S/C10H7ClN2O3/c11-10(9-5-6-16-12-9)7-1-3-8(4-2-7)13(14)15/h1-6,10H. The van der Waals surface area contributed by atoms with E-state index in [4.69, 9.17) is 11.6 Å². The third kappa shape index (κ3) is 2.04. The van der Waals surface area contributed by atoms with Gasteiger partial charge < -0.3 is 4.52 Å². The van der Waals surface area contributed by atoms with Gasteiger partial charge in [-0.25, -0.2) is 0 Å². The quantitative estimate of drug-likeness (QED) is 0.468. The first-order chi connectivity index (χ1) is 7.68. The summed E-state index contributed by atoms with van der Waals surface area (Å²) in [6.07, 6.45) is 1.43. The van der Waals surface area contributed by atoms with Crippen molar-refractivity contribution < 1.29 is 9.45 Å². The van der Waals surface area contributed by atoms with E-state index < -0.39 is 10.3 Å². The molecule has 0 aliphatic heterocycles. The molecule has 2 aromatic rings. The van der Waals surface area contributed by atoms with Crippen molar-refractivity contribution in [1.82, 2.24) is 5.16 Å². The highest BCUT2D eigenvalue weighted by Gasteiger charge is 2.14. The van der Waals surface area contributed by atoms with Crippen molar-refractivity contribution in [3.05, 3.63) is 58.0 Å². The lowest BCUT2D eigenvalue weighted by atomic mass is 10.1. The lowest BCUT2D eigenvalue weighted by molar-refractivity contribution is -0.384. The normalized spacial score (nSPS) is 12.3. The number of alkyl halides is 1. The van der Waals surface area contributed by atoms with Crippen molar-refractivity contribution >= 4 is 17.3 Å². The second-order valence-corrected chi connectivity index (χ2v) is 3.57. The number of nitro groups is 1. The highest BCUT2D eigenvalue weighted by atomic mass is 35.5. The van der Waals surface area contributed by atoms with E-state index >= 15 is 0 Å². The zero-order valence-electron chi connectivity index (χ0n) is 8.04. The van der Waals surface area contributed by atoms with Crippen molar-refractivity contribution in [2.24, 2.45) is 0 Å². The fraction of sp³-hybridized carbons (Fsp3) is 0.100. The summed E-state index contributed by atoms with van der Waals surface area (Å²) in [6, 6.07) is 7.67. The highest BCUT2D eigenvalue weighted by Crippen LogP contribution is 2.28. The Bertz CT molecular complexity index is 481. The maximum Gasteiger partial charge on any atom is 0.269 e. The molecule has 1 atom stereocenters. The first kappa shape index (κ1) is 10.6. The summed E-state index contributed by atoms with van der Waals surface area (Å²) in [6.45, 7) is 0. The molecule has 1 heterocycles. The molecule has 0 fully saturated rings. The maximum absolute atomic E-state index is 10.5. The summed E-state index contributed by atoms with van der Waals surface area (Å²) < 4.78 is 4.68. The Morgan fingerprint density at radius 2 is 2.00 bits per heavy atom. The first-order valence-corrected chi connectivity index (χ1v) is 4.91. The van der Waals surface area contributed by atoms with Gasteiger partial charge in [0.2, 0.25) is 0 Å². The van der Waals surface area contributed by atoms with Crippen LogP contribution in [0.4, 0.5) is 5.69 Å². The van der Waals surface area contributed by atoms with Crippen LogP contribution in [0.25, 0.3) is 0 Å². The summed E-state index contributed by atoms with van der Waals surface area (Å²) in [4.78, 5) is 10.0. The molecule has 0 saturated heterocycles. The van der Waals surface area contributed by atoms with Gasteiger partial charge in [0.05, 0.1) is 4.92 Å². The molecule has 1 aromatic heterocycles. The predicted octanol–water partition coefficient (Wildman–Crippen LogP) is 2.91. The second-order valence-electron chi connectivity index (χ2n) is 3.14. The van der Waals surface area contributed by atoms with Crippen LogP contribution < -0.4 is 0 Å². The number of benzene rings is 1. The van der Waals surface area contributed by atoms with E-state index in [-0.39, 0.29) is 5.69 Å². The summed E-state index contributed by atoms with van der Waals surface area (Å²) in [5.74, 6) is 0. The Morgan fingerprint density at radius 3 is 2.50 bits per heavy atom. The molecule has 0 bridgehead atoms. The van der Waals surface area contributed by atoms with Crippen LogP contribution >= 0.6 is 11.6 Å². The topological polar surface area (TPSA) is 69.2 Å². The van der Waals surface area contributed by atoms with Crippen molar-refractivity contribution in [2.45, 2.75) is 5.38 Å². The number of nitrogens with zero attached hydrogens (tertiary/aromatic N) is 2. The van der Waals surface area contributed by atoms with E-state index in [9.17, 15) is 10.1 Å². The molecule has 5 nitrogen and oxygen atoms in total. The SMILES string of the molecule is O=[N+]([O-])c1ccc(C(Cl)c2ccon2)cc1. The minimum absolute atomic E-state index is 0.0350. The molecular weight excluding hydrogens is 232 g/mol. The summed E-state index contributed by atoms with van der Waals surface area (Å²) in [5, 5.41) is 13.7. The smallest absolute Gasteiger partial charge is 0.269 e. The number of nitro benzene ring substituents is 1. The summed E-state index contributed by atoms with van der Waals surface area (Å²) in [5.41, 5.74) is 1.35. The van der Waals surface area contributed by atoms with Gasteiger partial charge in [-0.3, -0.25) is 10.1 Å². The number of aromatic nitrogens is 1. The fourth-order valence-corrected chi connectivity index (χ4v) is 1.55. The second kappa shape index (κ2) is 4.32. The Morgan fingerprint density at radius 1 is 1.31 bits per heavy atom. The molecule has 0 saturated carbocycles. The molecule has 0 amide bonds. The minimum atomic E-state index is -0.459. The van der Waals surface area contributed by atoms with Crippen molar-refractivity contribution in [3.8, 4) is 0 Å². The van der Waals surface area contributed by atoms with Crippen molar-refractivity contribution in [2.75, 3.05) is 0 Å². The van der Waals surface area contributed by atoms with Gasteiger partial charge in [0.1, 0.15) is 17.3 Å². The molecule has 82 valence electrons. The summed E-state index contributed by atoms with van der Waals surface area (Å²) in [7, 11) is 0. The van der Waals surface area contributed by atoms with Gasteiger partial charge in [-0.05, 0) is 5.56 Å². The summed E-state index contributed by atoms with van der Waals surface area (Å²) >= 11 is 6.11. The number of hydrogen-bond donors (Lipinski definition) is 0.